The fourth-order valence-corrected chi connectivity index (χ4v) is 6.35. The Kier molecular flexibility index (Phi) is 6.18. The summed E-state index contributed by atoms with van der Waals surface area (Å²) >= 11 is 0. The third-order valence-electron chi connectivity index (χ3n) is 8.62. The van der Waals surface area contributed by atoms with Crippen LogP contribution in [0.5, 0.6) is 0 Å². The third kappa shape index (κ3) is 4.54. The van der Waals surface area contributed by atoms with Crippen molar-refractivity contribution in [2.45, 2.75) is 0 Å². The highest BCUT2D eigenvalue weighted by Crippen LogP contribution is 2.34. The predicted molar refractivity (Wildman–Crippen MR) is 189 cm³/mol. The summed E-state index contributed by atoms with van der Waals surface area (Å²) in [5.74, 6) is 1.84. The number of hydrogen-bond donors (Lipinski definition) is 0. The molecule has 3 heterocycles. The van der Waals surface area contributed by atoms with Gasteiger partial charge in [-0.05, 0) is 46.8 Å². The molecule has 0 bridgehead atoms. The van der Waals surface area contributed by atoms with Gasteiger partial charge in [-0.25, -0.2) is 19.9 Å². The van der Waals surface area contributed by atoms with Crippen molar-refractivity contribution in [2.75, 3.05) is 0 Å². The average molecular weight is 604 g/mol. The number of rotatable bonds is 4. The maximum Gasteiger partial charge on any atom is 0.266 e. The molecule has 0 N–H and O–H groups in total. The first kappa shape index (κ1) is 26.8. The van der Waals surface area contributed by atoms with Crippen LogP contribution in [0.2, 0.25) is 0 Å². The normalized spacial score (nSPS) is 11.5. The monoisotopic (exact) mass is 603 g/mol. The van der Waals surface area contributed by atoms with Crippen LogP contribution in [-0.2, 0) is 0 Å². The first-order chi connectivity index (χ1) is 23.2. The molecule has 0 aliphatic heterocycles. The fraction of sp³-hybridized carbons (Fsp3) is 0. The summed E-state index contributed by atoms with van der Waals surface area (Å²) < 4.78 is 1.75. The van der Waals surface area contributed by atoms with Crippen molar-refractivity contribution in [2.24, 2.45) is 0 Å². The van der Waals surface area contributed by atoms with Gasteiger partial charge >= 0.3 is 0 Å². The number of nitrogens with zero attached hydrogens (tertiary/aromatic N) is 5. The van der Waals surface area contributed by atoms with Crippen molar-refractivity contribution >= 4 is 38.2 Å². The van der Waals surface area contributed by atoms with E-state index in [1.165, 1.54) is 0 Å². The number of hydrogen-bond acceptors (Lipinski definition) is 5. The molecule has 47 heavy (non-hydrogen) atoms. The number of benzene rings is 6. The molecule has 0 fully saturated rings. The Morgan fingerprint density at radius 1 is 0.383 bits per heavy atom. The zero-order valence-corrected chi connectivity index (χ0v) is 25.1. The second kappa shape index (κ2) is 10.8. The van der Waals surface area contributed by atoms with E-state index >= 15 is 0 Å². The molecule has 6 heteroatoms. The van der Waals surface area contributed by atoms with Crippen LogP contribution in [0.1, 0.15) is 0 Å². The Labute approximate surface area is 269 Å². The minimum absolute atomic E-state index is 0.0747. The van der Waals surface area contributed by atoms with Crippen LogP contribution in [0.4, 0.5) is 0 Å². The van der Waals surface area contributed by atoms with Gasteiger partial charge in [-0.15, -0.1) is 0 Å². The van der Waals surface area contributed by atoms with Crippen LogP contribution < -0.4 is 5.56 Å². The largest absolute Gasteiger partial charge is 0.268 e. The van der Waals surface area contributed by atoms with Gasteiger partial charge in [0.1, 0.15) is 5.65 Å². The number of pyridine rings is 1. The molecule has 6 aromatic carbocycles. The lowest BCUT2D eigenvalue weighted by atomic mass is 9.98. The Hall–Kier alpha value is -6.53. The molecule has 9 aromatic rings. The second-order valence-corrected chi connectivity index (χ2v) is 11.5. The van der Waals surface area contributed by atoms with Gasteiger partial charge in [0.2, 0.25) is 0 Å². The van der Waals surface area contributed by atoms with E-state index in [0.717, 1.165) is 49.5 Å². The van der Waals surface area contributed by atoms with Crippen molar-refractivity contribution in [1.29, 1.82) is 0 Å². The van der Waals surface area contributed by atoms with Gasteiger partial charge in [-0.2, -0.15) is 0 Å². The van der Waals surface area contributed by atoms with Crippen molar-refractivity contribution in [3.05, 3.63) is 162 Å². The number of aromatic nitrogens is 5. The van der Waals surface area contributed by atoms with Crippen LogP contribution in [0.15, 0.2) is 156 Å². The summed E-state index contributed by atoms with van der Waals surface area (Å²) in [6.45, 7) is 0. The molecular weight excluding hydrogens is 578 g/mol. The summed E-state index contributed by atoms with van der Waals surface area (Å²) in [5.41, 5.74) is 6.87. The SMILES string of the molecule is O=c1c2ccccc2nc2c3ccccc3c3cc(-c4cccc(-c5nc(-c6ccccc6)nc(-c6ccccc6)n5)c4)ccc3n12. The van der Waals surface area contributed by atoms with E-state index in [2.05, 4.69) is 30.3 Å². The highest BCUT2D eigenvalue weighted by Gasteiger charge is 2.16. The molecule has 3 aromatic heterocycles. The van der Waals surface area contributed by atoms with E-state index < -0.39 is 0 Å². The molecule has 0 saturated heterocycles. The second-order valence-electron chi connectivity index (χ2n) is 11.5. The van der Waals surface area contributed by atoms with Crippen LogP contribution in [0.25, 0.3) is 83.5 Å². The molecule has 0 spiro atoms. The molecule has 0 atom stereocenters. The van der Waals surface area contributed by atoms with Crippen molar-refractivity contribution in [1.82, 2.24) is 24.3 Å². The summed E-state index contributed by atoms with van der Waals surface area (Å²) in [4.78, 5) is 33.5. The molecule has 0 saturated carbocycles. The Morgan fingerprint density at radius 2 is 0.915 bits per heavy atom. The quantitative estimate of drug-likeness (QED) is 0.148. The minimum atomic E-state index is -0.0747. The van der Waals surface area contributed by atoms with Crippen LogP contribution in [0.3, 0.4) is 0 Å². The van der Waals surface area contributed by atoms with E-state index in [1.54, 1.807) is 4.40 Å². The highest BCUT2D eigenvalue weighted by molar-refractivity contribution is 6.13. The summed E-state index contributed by atoms with van der Waals surface area (Å²) in [7, 11) is 0. The van der Waals surface area contributed by atoms with Crippen molar-refractivity contribution in [3.8, 4) is 45.3 Å². The molecule has 0 aliphatic rings. The standard InChI is InChI=1S/C41H25N5O/c47-41-33-20-9-10-21-35(33)42-40-32-19-8-7-18-31(32)34-25-29(22-23-36(34)46(40)41)28-16-11-17-30(24-28)39-44-37(26-12-3-1-4-13-26)43-38(45-39)27-14-5-2-6-15-27/h1-25H. The molecule has 0 radical (unpaired) electrons. The summed E-state index contributed by atoms with van der Waals surface area (Å²) in [6, 6.07) is 50.2. The van der Waals surface area contributed by atoms with E-state index in [4.69, 9.17) is 19.9 Å². The first-order valence-electron chi connectivity index (χ1n) is 15.4. The zero-order valence-electron chi connectivity index (χ0n) is 25.1. The third-order valence-corrected chi connectivity index (χ3v) is 8.62. The lowest BCUT2D eigenvalue weighted by Crippen LogP contribution is -2.16. The molecular formula is C41H25N5O. The van der Waals surface area contributed by atoms with E-state index in [9.17, 15) is 4.79 Å². The molecule has 9 rings (SSSR count). The average Bonchev–Trinajstić information content (AvgIpc) is 3.15. The highest BCUT2D eigenvalue weighted by atomic mass is 16.1. The maximum atomic E-state index is 13.9. The smallest absolute Gasteiger partial charge is 0.266 e. The molecule has 0 amide bonds. The topological polar surface area (TPSA) is 73.0 Å². The summed E-state index contributed by atoms with van der Waals surface area (Å²) in [6.07, 6.45) is 0. The minimum Gasteiger partial charge on any atom is -0.268 e. The molecule has 6 nitrogen and oxygen atoms in total. The molecule has 0 aliphatic carbocycles. The Balaban J connectivity index is 1.23. The van der Waals surface area contributed by atoms with Crippen molar-refractivity contribution < 1.29 is 0 Å². The molecule has 0 unspecified atom stereocenters. The number of para-hydroxylation sites is 1. The van der Waals surface area contributed by atoms with Gasteiger partial charge in [-0.1, -0.05) is 121 Å². The number of fused-ring (bicyclic) bond motifs is 7. The van der Waals surface area contributed by atoms with Gasteiger partial charge in [0.15, 0.2) is 17.5 Å². The van der Waals surface area contributed by atoms with E-state index in [0.29, 0.717) is 34.0 Å². The van der Waals surface area contributed by atoms with E-state index in [-0.39, 0.29) is 5.56 Å². The predicted octanol–water partition coefficient (Wildman–Crippen LogP) is 9.01. The van der Waals surface area contributed by atoms with Crippen molar-refractivity contribution in [3.63, 3.8) is 0 Å². The lowest BCUT2D eigenvalue weighted by molar-refractivity contribution is 1.07. The summed E-state index contributed by atoms with van der Waals surface area (Å²) in [5, 5.41) is 3.55. The van der Waals surface area contributed by atoms with Gasteiger partial charge in [0.05, 0.1) is 16.4 Å². The zero-order chi connectivity index (χ0) is 31.3. The van der Waals surface area contributed by atoms with Gasteiger partial charge in [0, 0.05) is 27.5 Å². The van der Waals surface area contributed by atoms with Crippen LogP contribution in [-0.4, -0.2) is 24.3 Å². The van der Waals surface area contributed by atoms with Gasteiger partial charge in [0.25, 0.3) is 5.56 Å². The first-order valence-corrected chi connectivity index (χ1v) is 15.4. The maximum absolute atomic E-state index is 13.9. The Morgan fingerprint density at radius 3 is 1.62 bits per heavy atom. The molecule has 220 valence electrons. The van der Waals surface area contributed by atoms with Crippen LogP contribution >= 0.6 is 0 Å². The van der Waals surface area contributed by atoms with E-state index in [1.807, 2.05) is 121 Å². The fourth-order valence-electron chi connectivity index (χ4n) is 6.35. The van der Waals surface area contributed by atoms with Gasteiger partial charge < -0.3 is 0 Å². The lowest BCUT2D eigenvalue weighted by Gasteiger charge is -2.14. The van der Waals surface area contributed by atoms with Gasteiger partial charge in [-0.3, -0.25) is 9.20 Å². The van der Waals surface area contributed by atoms with Crippen LogP contribution in [0, 0.1) is 0 Å². The Bertz CT molecular complexity index is 2650.